The van der Waals surface area contributed by atoms with E-state index in [2.05, 4.69) is 15.2 Å². The van der Waals surface area contributed by atoms with E-state index in [9.17, 15) is 14.0 Å². The highest BCUT2D eigenvalue weighted by Gasteiger charge is 2.27. The zero-order chi connectivity index (χ0) is 19.7. The molecule has 0 radical (unpaired) electrons. The fourth-order valence-corrected chi connectivity index (χ4v) is 3.23. The highest BCUT2D eigenvalue weighted by atomic mass is 19.1. The minimum Gasteiger partial charge on any atom is -0.333 e. The zero-order valence-electron chi connectivity index (χ0n) is 15.4. The zero-order valence-corrected chi connectivity index (χ0v) is 15.4. The molecular formula is C20H20FN5O2. The lowest BCUT2D eigenvalue weighted by molar-refractivity contribution is 0.0651. The molecule has 0 saturated carbocycles. The maximum Gasteiger partial charge on any atom is 0.290 e. The fraction of sp³-hybridized carbons (Fsp3) is 0.250. The summed E-state index contributed by atoms with van der Waals surface area (Å²) in [4.78, 5) is 34.0. The topological polar surface area (TPSA) is 69.9 Å². The van der Waals surface area contributed by atoms with Crippen LogP contribution in [0.1, 0.15) is 21.1 Å². The first-order valence-corrected chi connectivity index (χ1v) is 9.05. The molecule has 0 spiro atoms. The van der Waals surface area contributed by atoms with Gasteiger partial charge >= 0.3 is 0 Å². The molecule has 1 aliphatic rings. The Morgan fingerprint density at radius 3 is 2.46 bits per heavy atom. The van der Waals surface area contributed by atoms with Gasteiger partial charge in [-0.2, -0.15) is 0 Å². The van der Waals surface area contributed by atoms with Gasteiger partial charge in [-0.25, -0.2) is 9.37 Å². The summed E-state index contributed by atoms with van der Waals surface area (Å²) in [5, 5.41) is 2.70. The molecule has 7 nitrogen and oxygen atoms in total. The maximum absolute atomic E-state index is 13.1. The minimum absolute atomic E-state index is 0.155. The Morgan fingerprint density at radius 2 is 1.75 bits per heavy atom. The number of rotatable bonds is 3. The molecule has 0 atom stereocenters. The highest BCUT2D eigenvalue weighted by Crippen LogP contribution is 2.18. The van der Waals surface area contributed by atoms with Gasteiger partial charge < -0.3 is 15.1 Å². The average molecular weight is 381 g/mol. The number of carbonyl (C=O) groups excluding carboxylic acids is 2. The molecule has 28 heavy (non-hydrogen) atoms. The SMILES string of the molecule is CN1CCN(C(=O)c2nc(C(=O)Nc3ccc(F)cc3)c3ccccn23)CC1. The second-order valence-corrected chi connectivity index (χ2v) is 6.80. The third-order valence-corrected chi connectivity index (χ3v) is 4.85. The number of nitrogens with one attached hydrogen (secondary N) is 1. The number of nitrogens with zero attached hydrogens (tertiary/aromatic N) is 4. The lowest BCUT2D eigenvalue weighted by Crippen LogP contribution is -2.47. The summed E-state index contributed by atoms with van der Waals surface area (Å²) < 4.78 is 14.7. The smallest absolute Gasteiger partial charge is 0.290 e. The van der Waals surface area contributed by atoms with Crippen LogP contribution in [0.5, 0.6) is 0 Å². The molecule has 3 heterocycles. The molecule has 1 aliphatic heterocycles. The molecule has 2 aromatic heterocycles. The second kappa shape index (κ2) is 7.40. The Bertz CT molecular complexity index is 1020. The number of pyridine rings is 1. The van der Waals surface area contributed by atoms with Crippen LogP contribution >= 0.6 is 0 Å². The van der Waals surface area contributed by atoms with E-state index >= 15 is 0 Å². The number of hydrogen-bond donors (Lipinski definition) is 1. The first-order valence-electron chi connectivity index (χ1n) is 9.05. The van der Waals surface area contributed by atoms with Gasteiger partial charge in [0.2, 0.25) is 5.82 Å². The predicted octanol–water partition coefficient (Wildman–Crippen LogP) is 2.11. The van der Waals surface area contributed by atoms with E-state index < -0.39 is 5.91 Å². The van der Waals surface area contributed by atoms with Gasteiger partial charge in [-0.05, 0) is 43.4 Å². The number of benzene rings is 1. The largest absolute Gasteiger partial charge is 0.333 e. The second-order valence-electron chi connectivity index (χ2n) is 6.80. The maximum atomic E-state index is 13.1. The van der Waals surface area contributed by atoms with Crippen molar-refractivity contribution in [1.29, 1.82) is 0 Å². The van der Waals surface area contributed by atoms with Crippen molar-refractivity contribution in [3.63, 3.8) is 0 Å². The molecule has 1 fully saturated rings. The van der Waals surface area contributed by atoms with Crippen LogP contribution in [0.25, 0.3) is 5.52 Å². The quantitative estimate of drug-likeness (QED) is 0.755. The van der Waals surface area contributed by atoms with E-state index in [0.29, 0.717) is 24.3 Å². The summed E-state index contributed by atoms with van der Waals surface area (Å²) in [6.07, 6.45) is 1.72. The summed E-state index contributed by atoms with van der Waals surface area (Å²) in [6.45, 7) is 2.84. The Hall–Kier alpha value is -3.26. The molecule has 3 aromatic rings. The molecule has 1 saturated heterocycles. The van der Waals surface area contributed by atoms with E-state index in [1.807, 2.05) is 7.05 Å². The Kier molecular flexibility index (Phi) is 4.79. The van der Waals surface area contributed by atoms with Gasteiger partial charge in [0, 0.05) is 38.1 Å². The number of carbonyl (C=O) groups is 2. The number of anilines is 1. The standard InChI is InChI=1S/C20H20FN5O2/c1-24-10-12-25(13-11-24)20(28)18-23-17(16-4-2-3-9-26(16)18)19(27)22-15-7-5-14(21)6-8-15/h2-9H,10-13H2,1H3,(H,22,27). The minimum atomic E-state index is -0.451. The van der Waals surface area contributed by atoms with Crippen LogP contribution in [-0.4, -0.2) is 64.2 Å². The molecule has 0 bridgehead atoms. The van der Waals surface area contributed by atoms with E-state index in [0.717, 1.165) is 13.1 Å². The average Bonchev–Trinajstić information content (AvgIpc) is 3.10. The Balaban J connectivity index is 1.65. The van der Waals surface area contributed by atoms with Gasteiger partial charge in [0.05, 0.1) is 5.52 Å². The van der Waals surface area contributed by atoms with Crippen molar-refractivity contribution in [3.05, 3.63) is 66.0 Å². The lowest BCUT2D eigenvalue weighted by Gasteiger charge is -2.31. The third kappa shape index (κ3) is 3.46. The number of hydrogen-bond acceptors (Lipinski definition) is 4. The van der Waals surface area contributed by atoms with Gasteiger partial charge in [0.25, 0.3) is 11.8 Å². The number of imidazole rings is 1. The summed E-state index contributed by atoms with van der Waals surface area (Å²) in [5.74, 6) is -0.822. The van der Waals surface area contributed by atoms with Gasteiger partial charge in [-0.15, -0.1) is 0 Å². The molecule has 8 heteroatoms. The van der Waals surface area contributed by atoms with Crippen molar-refractivity contribution in [3.8, 4) is 0 Å². The molecule has 2 amide bonds. The van der Waals surface area contributed by atoms with E-state index in [1.54, 1.807) is 33.7 Å². The first kappa shape index (κ1) is 18.1. The molecule has 4 rings (SSSR count). The lowest BCUT2D eigenvalue weighted by atomic mass is 10.2. The van der Waals surface area contributed by atoms with Crippen molar-refractivity contribution >= 4 is 23.0 Å². The summed E-state index contributed by atoms with van der Waals surface area (Å²) in [7, 11) is 2.02. The summed E-state index contributed by atoms with van der Waals surface area (Å²) in [6, 6.07) is 10.8. The van der Waals surface area contributed by atoms with Crippen molar-refractivity contribution < 1.29 is 14.0 Å². The van der Waals surface area contributed by atoms with E-state index in [-0.39, 0.29) is 23.2 Å². The van der Waals surface area contributed by atoms with Crippen molar-refractivity contribution in [2.45, 2.75) is 0 Å². The summed E-state index contributed by atoms with van der Waals surface area (Å²) >= 11 is 0. The van der Waals surface area contributed by atoms with Gasteiger partial charge in [-0.1, -0.05) is 6.07 Å². The van der Waals surface area contributed by atoms with E-state index in [4.69, 9.17) is 0 Å². The Labute approximate surface area is 161 Å². The number of amides is 2. The number of aromatic nitrogens is 2. The van der Waals surface area contributed by atoms with Gasteiger partial charge in [-0.3, -0.25) is 14.0 Å². The molecular weight excluding hydrogens is 361 g/mol. The van der Waals surface area contributed by atoms with Crippen molar-refractivity contribution in [2.24, 2.45) is 0 Å². The summed E-state index contributed by atoms with van der Waals surface area (Å²) in [5.41, 5.74) is 1.15. The number of halogens is 1. The van der Waals surface area contributed by atoms with Crippen LogP contribution in [0.3, 0.4) is 0 Å². The van der Waals surface area contributed by atoms with Crippen LogP contribution in [-0.2, 0) is 0 Å². The van der Waals surface area contributed by atoms with Gasteiger partial charge in [0.1, 0.15) is 5.82 Å². The van der Waals surface area contributed by atoms with Crippen LogP contribution in [0.4, 0.5) is 10.1 Å². The van der Waals surface area contributed by atoms with Crippen molar-refractivity contribution in [2.75, 3.05) is 38.5 Å². The fourth-order valence-electron chi connectivity index (χ4n) is 3.23. The van der Waals surface area contributed by atoms with Crippen LogP contribution in [0.2, 0.25) is 0 Å². The Morgan fingerprint density at radius 1 is 1.04 bits per heavy atom. The number of piperazine rings is 1. The highest BCUT2D eigenvalue weighted by molar-refractivity contribution is 6.08. The molecule has 0 unspecified atom stereocenters. The third-order valence-electron chi connectivity index (χ3n) is 4.85. The monoisotopic (exact) mass is 381 g/mol. The predicted molar refractivity (Wildman–Crippen MR) is 103 cm³/mol. The van der Waals surface area contributed by atoms with Crippen LogP contribution < -0.4 is 5.32 Å². The molecule has 1 N–H and O–H groups in total. The van der Waals surface area contributed by atoms with E-state index in [1.165, 1.54) is 24.3 Å². The molecule has 144 valence electrons. The van der Waals surface area contributed by atoms with Crippen LogP contribution in [0.15, 0.2) is 48.7 Å². The number of likely N-dealkylation sites (N-methyl/N-ethyl adjacent to an activating group) is 1. The first-order chi connectivity index (χ1) is 13.5. The normalized spacial score (nSPS) is 15.0. The molecule has 1 aromatic carbocycles. The van der Waals surface area contributed by atoms with Gasteiger partial charge in [0.15, 0.2) is 5.69 Å². The van der Waals surface area contributed by atoms with Crippen molar-refractivity contribution in [1.82, 2.24) is 19.2 Å². The number of fused-ring (bicyclic) bond motifs is 1. The van der Waals surface area contributed by atoms with Crippen LogP contribution in [0, 0.1) is 5.82 Å². The molecule has 0 aliphatic carbocycles.